The molecule has 1 aromatic carbocycles. The number of thiazole rings is 1. The molecule has 21 heavy (non-hydrogen) atoms. The highest BCUT2D eigenvalue weighted by Gasteiger charge is 2.14. The van der Waals surface area contributed by atoms with Gasteiger partial charge in [0.15, 0.2) is 0 Å². The van der Waals surface area contributed by atoms with Gasteiger partial charge in [-0.3, -0.25) is 0 Å². The predicted octanol–water partition coefficient (Wildman–Crippen LogP) is 4.16. The van der Waals surface area contributed by atoms with Crippen molar-refractivity contribution in [3.63, 3.8) is 0 Å². The van der Waals surface area contributed by atoms with E-state index in [-0.39, 0.29) is 0 Å². The summed E-state index contributed by atoms with van der Waals surface area (Å²) in [6.07, 6.45) is 4.28. The molecular formula is C18H26N2S. The van der Waals surface area contributed by atoms with Crippen LogP contribution in [-0.2, 0) is 12.8 Å². The molecule has 1 unspecified atom stereocenters. The van der Waals surface area contributed by atoms with Crippen molar-refractivity contribution in [2.45, 2.75) is 46.6 Å². The Morgan fingerprint density at radius 2 is 1.90 bits per heavy atom. The summed E-state index contributed by atoms with van der Waals surface area (Å²) in [6.45, 7) is 9.77. The van der Waals surface area contributed by atoms with E-state index in [1.165, 1.54) is 16.0 Å². The van der Waals surface area contributed by atoms with Gasteiger partial charge in [-0.25, -0.2) is 4.98 Å². The van der Waals surface area contributed by atoms with E-state index in [1.54, 1.807) is 0 Å². The van der Waals surface area contributed by atoms with Crippen molar-refractivity contribution in [2.75, 3.05) is 6.54 Å². The molecule has 0 aliphatic rings. The molecule has 1 atom stereocenters. The van der Waals surface area contributed by atoms with Crippen molar-refractivity contribution >= 4 is 11.3 Å². The highest BCUT2D eigenvalue weighted by molar-refractivity contribution is 7.11. The van der Waals surface area contributed by atoms with Crippen molar-refractivity contribution in [3.05, 3.63) is 51.5 Å². The van der Waals surface area contributed by atoms with Crippen LogP contribution in [0.15, 0.2) is 30.5 Å². The van der Waals surface area contributed by atoms with Crippen LogP contribution < -0.4 is 5.32 Å². The van der Waals surface area contributed by atoms with E-state index in [0.717, 1.165) is 24.4 Å². The van der Waals surface area contributed by atoms with E-state index in [2.05, 4.69) is 62.3 Å². The normalized spacial score (nSPS) is 12.8. The highest BCUT2D eigenvalue weighted by Crippen LogP contribution is 2.20. The Morgan fingerprint density at radius 1 is 1.14 bits per heavy atom. The Balaban J connectivity index is 2.06. The van der Waals surface area contributed by atoms with E-state index in [4.69, 9.17) is 0 Å². The minimum absolute atomic E-state index is 0.535. The van der Waals surface area contributed by atoms with Crippen LogP contribution in [0.5, 0.6) is 0 Å². The van der Waals surface area contributed by atoms with Crippen molar-refractivity contribution in [1.82, 2.24) is 10.3 Å². The molecule has 2 rings (SSSR count). The molecule has 0 radical (unpaired) electrons. The Bertz CT molecular complexity index is 560. The predicted molar refractivity (Wildman–Crippen MR) is 92.1 cm³/mol. The van der Waals surface area contributed by atoms with Crippen LogP contribution in [0, 0.1) is 19.8 Å². The third kappa shape index (κ3) is 5.25. The van der Waals surface area contributed by atoms with Gasteiger partial charge in [0.2, 0.25) is 0 Å². The van der Waals surface area contributed by atoms with Gasteiger partial charge in [0.05, 0.1) is 5.01 Å². The molecule has 0 bridgehead atoms. The van der Waals surface area contributed by atoms with Gasteiger partial charge >= 0.3 is 0 Å². The molecule has 114 valence electrons. The zero-order valence-electron chi connectivity index (χ0n) is 13.5. The summed E-state index contributed by atoms with van der Waals surface area (Å²) in [5.74, 6) is 0.619. The maximum atomic E-state index is 4.39. The third-order valence-electron chi connectivity index (χ3n) is 3.74. The Kier molecular flexibility index (Phi) is 5.95. The lowest BCUT2D eigenvalue weighted by Crippen LogP contribution is -2.31. The summed E-state index contributed by atoms with van der Waals surface area (Å²) in [5.41, 5.74) is 2.86. The average molecular weight is 302 g/mol. The molecule has 2 nitrogen and oxygen atoms in total. The zero-order valence-corrected chi connectivity index (χ0v) is 14.3. The summed E-state index contributed by atoms with van der Waals surface area (Å²) >= 11 is 1.83. The van der Waals surface area contributed by atoms with Crippen molar-refractivity contribution in [3.8, 4) is 0 Å². The molecule has 1 heterocycles. The molecule has 0 spiro atoms. The second-order valence-corrected chi connectivity index (χ2v) is 7.43. The number of benzene rings is 1. The van der Waals surface area contributed by atoms with Crippen LogP contribution in [0.3, 0.4) is 0 Å². The number of rotatable bonds is 7. The van der Waals surface area contributed by atoms with Gasteiger partial charge in [0, 0.05) is 17.1 Å². The number of hydrogen-bond acceptors (Lipinski definition) is 3. The van der Waals surface area contributed by atoms with Gasteiger partial charge < -0.3 is 5.32 Å². The van der Waals surface area contributed by atoms with Crippen LogP contribution in [0.2, 0.25) is 0 Å². The van der Waals surface area contributed by atoms with Gasteiger partial charge in [-0.1, -0.05) is 38.1 Å². The van der Waals surface area contributed by atoms with E-state index >= 15 is 0 Å². The second-order valence-electron chi connectivity index (χ2n) is 6.11. The topological polar surface area (TPSA) is 24.9 Å². The smallest absolute Gasteiger partial charge is 0.0896 e. The van der Waals surface area contributed by atoms with Gasteiger partial charge in [0.1, 0.15) is 0 Å². The van der Waals surface area contributed by atoms with E-state index in [0.29, 0.717) is 12.0 Å². The van der Waals surface area contributed by atoms with Gasteiger partial charge in [-0.15, -0.1) is 11.3 Å². The second kappa shape index (κ2) is 7.71. The first-order chi connectivity index (χ1) is 10.0. The summed E-state index contributed by atoms with van der Waals surface area (Å²) in [7, 11) is 0. The number of aryl methyl sites for hydroxylation is 2. The fourth-order valence-electron chi connectivity index (χ4n) is 2.55. The molecular weight excluding hydrogens is 276 g/mol. The van der Waals surface area contributed by atoms with Gasteiger partial charge in [0.25, 0.3) is 0 Å². The molecule has 3 heteroatoms. The highest BCUT2D eigenvalue weighted by atomic mass is 32.1. The molecule has 0 fully saturated rings. The fourth-order valence-corrected chi connectivity index (χ4v) is 3.46. The summed E-state index contributed by atoms with van der Waals surface area (Å²) < 4.78 is 0. The van der Waals surface area contributed by atoms with Crippen molar-refractivity contribution in [2.24, 2.45) is 5.92 Å². The SMILES string of the molecule is Cc1ncc(CC(CNC(C)C)Cc2ccccc2C)s1. The van der Waals surface area contributed by atoms with E-state index < -0.39 is 0 Å². The fraction of sp³-hybridized carbons (Fsp3) is 0.500. The maximum Gasteiger partial charge on any atom is 0.0896 e. The van der Waals surface area contributed by atoms with Crippen LogP contribution in [0.1, 0.15) is 34.9 Å². The molecule has 0 saturated heterocycles. The van der Waals surface area contributed by atoms with Gasteiger partial charge in [-0.05, 0) is 50.3 Å². The Hall–Kier alpha value is -1.19. The number of nitrogens with zero attached hydrogens (tertiary/aromatic N) is 1. The third-order valence-corrected chi connectivity index (χ3v) is 4.68. The molecule has 1 aromatic heterocycles. The molecule has 2 aromatic rings. The molecule has 0 amide bonds. The maximum absolute atomic E-state index is 4.39. The molecule has 0 saturated carbocycles. The summed E-state index contributed by atoms with van der Waals surface area (Å²) in [5, 5.41) is 4.76. The minimum atomic E-state index is 0.535. The lowest BCUT2D eigenvalue weighted by Gasteiger charge is -2.19. The monoisotopic (exact) mass is 302 g/mol. The van der Waals surface area contributed by atoms with Crippen molar-refractivity contribution in [1.29, 1.82) is 0 Å². The Labute approximate surface area is 132 Å². The first kappa shape index (κ1) is 16.2. The minimum Gasteiger partial charge on any atom is -0.314 e. The zero-order chi connectivity index (χ0) is 15.2. The van der Waals surface area contributed by atoms with Crippen LogP contribution in [0.4, 0.5) is 0 Å². The summed E-state index contributed by atoms with van der Waals surface area (Å²) in [4.78, 5) is 5.79. The quantitative estimate of drug-likeness (QED) is 0.830. The van der Waals surface area contributed by atoms with Crippen molar-refractivity contribution < 1.29 is 0 Å². The van der Waals surface area contributed by atoms with Gasteiger partial charge in [-0.2, -0.15) is 0 Å². The van der Waals surface area contributed by atoms with E-state index in [9.17, 15) is 0 Å². The lowest BCUT2D eigenvalue weighted by molar-refractivity contribution is 0.445. The number of nitrogens with one attached hydrogen (secondary N) is 1. The average Bonchev–Trinajstić information content (AvgIpc) is 2.84. The molecule has 0 aliphatic carbocycles. The lowest BCUT2D eigenvalue weighted by atomic mass is 9.93. The standard InChI is InChI=1S/C18H26N2S/c1-13(2)19-11-16(10-18-12-20-15(4)21-18)9-17-8-6-5-7-14(17)3/h5-8,12-13,16,19H,9-11H2,1-4H3. The Morgan fingerprint density at radius 3 is 2.52 bits per heavy atom. The molecule has 1 N–H and O–H groups in total. The summed E-state index contributed by atoms with van der Waals surface area (Å²) in [6, 6.07) is 9.26. The number of hydrogen-bond donors (Lipinski definition) is 1. The largest absolute Gasteiger partial charge is 0.314 e. The van der Waals surface area contributed by atoms with E-state index in [1.807, 2.05) is 17.5 Å². The first-order valence-corrected chi connectivity index (χ1v) is 8.55. The first-order valence-electron chi connectivity index (χ1n) is 7.73. The van der Waals surface area contributed by atoms with Crippen LogP contribution >= 0.6 is 11.3 Å². The molecule has 0 aliphatic heterocycles. The number of aromatic nitrogens is 1. The van der Waals surface area contributed by atoms with Crippen LogP contribution in [0.25, 0.3) is 0 Å². The van der Waals surface area contributed by atoms with Crippen LogP contribution in [-0.4, -0.2) is 17.6 Å².